The van der Waals surface area contributed by atoms with Crippen LogP contribution in [0.15, 0.2) is 49.3 Å². The van der Waals surface area contributed by atoms with Crippen LogP contribution >= 0.6 is 23.2 Å². The quantitative estimate of drug-likeness (QED) is 0.736. The summed E-state index contributed by atoms with van der Waals surface area (Å²) in [6.45, 7) is 1.61. The van der Waals surface area contributed by atoms with Crippen molar-refractivity contribution in [1.82, 2.24) is 19.5 Å². The molecule has 0 aliphatic carbocycles. The van der Waals surface area contributed by atoms with E-state index in [2.05, 4.69) is 20.3 Å². The molecule has 2 aromatic heterocycles. The van der Waals surface area contributed by atoms with E-state index < -0.39 is 6.10 Å². The Hall–Kier alpha value is -2.64. The number of hydrogen-bond donors (Lipinski definition) is 1. The largest absolute Gasteiger partial charge is 0.479 e. The van der Waals surface area contributed by atoms with Crippen molar-refractivity contribution < 1.29 is 9.53 Å². The number of hydrogen-bond acceptors (Lipinski definition) is 5. The van der Waals surface area contributed by atoms with Gasteiger partial charge in [-0.1, -0.05) is 23.2 Å². The minimum atomic E-state index is -0.787. The number of nitrogens with one attached hydrogen (secondary N) is 1. The average molecular weight is 378 g/mol. The lowest BCUT2D eigenvalue weighted by Gasteiger charge is -2.15. The van der Waals surface area contributed by atoms with Gasteiger partial charge >= 0.3 is 0 Å². The van der Waals surface area contributed by atoms with Crippen LogP contribution in [0.2, 0.25) is 10.0 Å². The predicted molar refractivity (Wildman–Crippen MR) is 94.3 cm³/mol. The molecule has 0 saturated heterocycles. The summed E-state index contributed by atoms with van der Waals surface area (Å²) >= 11 is 11.9. The standard InChI is InChI=1S/C16H13Cl2N5O2/c1-10(25-13-3-2-11(17)6-12(13)18)16(24)22-14-7-15(21-8-20-14)23-5-4-19-9-23/h2-10H,1H3,(H,20,21,22,24). The Labute approximate surface area is 153 Å². The fourth-order valence-corrected chi connectivity index (χ4v) is 2.45. The Morgan fingerprint density at radius 1 is 1.28 bits per heavy atom. The summed E-state index contributed by atoms with van der Waals surface area (Å²) < 4.78 is 7.27. The van der Waals surface area contributed by atoms with Gasteiger partial charge in [-0.2, -0.15) is 0 Å². The zero-order valence-corrected chi connectivity index (χ0v) is 14.6. The minimum Gasteiger partial charge on any atom is -0.479 e. The number of nitrogens with zero attached hydrogens (tertiary/aromatic N) is 4. The second-order valence-electron chi connectivity index (χ2n) is 5.06. The summed E-state index contributed by atoms with van der Waals surface area (Å²) in [5.41, 5.74) is 0. The summed E-state index contributed by atoms with van der Waals surface area (Å²) in [5, 5.41) is 3.50. The normalized spacial score (nSPS) is 11.8. The van der Waals surface area contributed by atoms with Crippen molar-refractivity contribution in [3.63, 3.8) is 0 Å². The second kappa shape index (κ2) is 7.50. The molecule has 0 fully saturated rings. The molecule has 9 heteroatoms. The number of carbonyl (C=O) groups is 1. The van der Waals surface area contributed by atoms with Gasteiger partial charge in [0.05, 0.1) is 5.02 Å². The Morgan fingerprint density at radius 2 is 2.12 bits per heavy atom. The third kappa shape index (κ3) is 4.26. The van der Waals surface area contributed by atoms with E-state index in [-0.39, 0.29) is 5.91 Å². The fraction of sp³-hybridized carbons (Fsp3) is 0.125. The van der Waals surface area contributed by atoms with Crippen LogP contribution in [-0.4, -0.2) is 31.5 Å². The molecule has 128 valence electrons. The molecule has 0 radical (unpaired) electrons. The summed E-state index contributed by atoms with van der Waals surface area (Å²) in [4.78, 5) is 24.4. The van der Waals surface area contributed by atoms with Crippen LogP contribution in [0.3, 0.4) is 0 Å². The molecule has 1 atom stereocenters. The van der Waals surface area contributed by atoms with E-state index in [4.69, 9.17) is 27.9 Å². The summed E-state index contributed by atoms with van der Waals surface area (Å²) in [7, 11) is 0. The number of benzene rings is 1. The van der Waals surface area contributed by atoms with Gasteiger partial charge in [0.2, 0.25) is 0 Å². The SMILES string of the molecule is CC(Oc1ccc(Cl)cc1Cl)C(=O)Nc1cc(-n2ccnc2)ncn1. The third-order valence-electron chi connectivity index (χ3n) is 3.24. The Balaban J connectivity index is 1.68. The minimum absolute atomic E-state index is 0.330. The molecule has 7 nitrogen and oxygen atoms in total. The van der Waals surface area contributed by atoms with Crippen molar-refractivity contribution in [2.24, 2.45) is 0 Å². The van der Waals surface area contributed by atoms with Crippen LogP contribution < -0.4 is 10.1 Å². The van der Waals surface area contributed by atoms with E-state index in [1.54, 1.807) is 54.5 Å². The van der Waals surface area contributed by atoms with Gasteiger partial charge < -0.3 is 10.1 Å². The summed E-state index contributed by atoms with van der Waals surface area (Å²) in [6, 6.07) is 6.41. The lowest BCUT2D eigenvalue weighted by atomic mass is 10.3. The predicted octanol–water partition coefficient (Wildman–Crippen LogP) is 3.38. The number of ether oxygens (including phenoxy) is 1. The van der Waals surface area contributed by atoms with Gasteiger partial charge in [-0.15, -0.1) is 0 Å². The van der Waals surface area contributed by atoms with Gasteiger partial charge in [0.25, 0.3) is 5.91 Å². The number of amides is 1. The van der Waals surface area contributed by atoms with Gasteiger partial charge in [-0.3, -0.25) is 9.36 Å². The molecule has 0 spiro atoms. The van der Waals surface area contributed by atoms with Crippen LogP contribution in [-0.2, 0) is 4.79 Å². The highest BCUT2D eigenvalue weighted by molar-refractivity contribution is 6.35. The highest BCUT2D eigenvalue weighted by Gasteiger charge is 2.17. The highest BCUT2D eigenvalue weighted by atomic mass is 35.5. The number of rotatable bonds is 5. The van der Waals surface area contributed by atoms with E-state index in [9.17, 15) is 4.79 Å². The lowest BCUT2D eigenvalue weighted by molar-refractivity contribution is -0.122. The van der Waals surface area contributed by atoms with E-state index in [1.807, 2.05) is 0 Å². The first-order valence-electron chi connectivity index (χ1n) is 7.26. The Kier molecular flexibility index (Phi) is 5.16. The average Bonchev–Trinajstić information content (AvgIpc) is 3.12. The molecule has 0 bridgehead atoms. The first-order valence-corrected chi connectivity index (χ1v) is 8.01. The number of anilines is 1. The van der Waals surface area contributed by atoms with Crippen molar-refractivity contribution in [3.8, 4) is 11.6 Å². The van der Waals surface area contributed by atoms with E-state index in [0.717, 1.165) is 0 Å². The zero-order chi connectivity index (χ0) is 17.8. The molecular weight excluding hydrogens is 365 g/mol. The van der Waals surface area contributed by atoms with Gasteiger partial charge in [-0.25, -0.2) is 15.0 Å². The topological polar surface area (TPSA) is 81.9 Å². The van der Waals surface area contributed by atoms with Gasteiger partial charge in [0, 0.05) is 23.5 Å². The maximum atomic E-state index is 12.3. The first-order chi connectivity index (χ1) is 12.0. The van der Waals surface area contributed by atoms with Crippen LogP contribution in [0.25, 0.3) is 5.82 Å². The molecular formula is C16H13Cl2N5O2. The molecule has 3 rings (SSSR count). The van der Waals surface area contributed by atoms with Crippen LogP contribution in [0.1, 0.15) is 6.92 Å². The van der Waals surface area contributed by atoms with Crippen molar-refractivity contribution in [2.75, 3.05) is 5.32 Å². The van der Waals surface area contributed by atoms with Crippen molar-refractivity contribution in [3.05, 3.63) is 59.4 Å². The van der Waals surface area contributed by atoms with Crippen LogP contribution in [0.5, 0.6) is 5.75 Å². The third-order valence-corrected chi connectivity index (χ3v) is 3.77. The molecule has 0 aliphatic rings. The summed E-state index contributed by atoms with van der Waals surface area (Å²) in [5.74, 6) is 0.926. The fourth-order valence-electron chi connectivity index (χ4n) is 1.99. The van der Waals surface area contributed by atoms with Gasteiger partial charge in [0.1, 0.15) is 30.0 Å². The number of carbonyl (C=O) groups excluding carboxylic acids is 1. The van der Waals surface area contributed by atoms with Gasteiger partial charge in [0.15, 0.2) is 6.10 Å². The van der Waals surface area contributed by atoms with Crippen LogP contribution in [0.4, 0.5) is 5.82 Å². The van der Waals surface area contributed by atoms with Crippen molar-refractivity contribution in [2.45, 2.75) is 13.0 Å². The molecule has 1 N–H and O–H groups in total. The van der Waals surface area contributed by atoms with Crippen molar-refractivity contribution >= 4 is 34.9 Å². The molecule has 0 saturated carbocycles. The number of imidazole rings is 1. The molecule has 2 heterocycles. The Morgan fingerprint density at radius 3 is 2.84 bits per heavy atom. The summed E-state index contributed by atoms with van der Waals surface area (Å²) in [6.07, 6.45) is 5.54. The first kappa shape index (κ1) is 17.2. The van der Waals surface area contributed by atoms with E-state index >= 15 is 0 Å². The number of aromatic nitrogens is 4. The molecule has 1 amide bonds. The molecule has 3 aromatic rings. The van der Waals surface area contributed by atoms with E-state index in [0.29, 0.717) is 27.4 Å². The maximum absolute atomic E-state index is 12.3. The molecule has 0 aliphatic heterocycles. The van der Waals surface area contributed by atoms with E-state index in [1.165, 1.54) is 6.33 Å². The Bertz CT molecular complexity index is 886. The maximum Gasteiger partial charge on any atom is 0.266 e. The van der Waals surface area contributed by atoms with Crippen molar-refractivity contribution in [1.29, 1.82) is 0 Å². The second-order valence-corrected chi connectivity index (χ2v) is 5.90. The lowest BCUT2D eigenvalue weighted by Crippen LogP contribution is -2.30. The molecule has 1 unspecified atom stereocenters. The highest BCUT2D eigenvalue weighted by Crippen LogP contribution is 2.28. The zero-order valence-electron chi connectivity index (χ0n) is 13.1. The van der Waals surface area contributed by atoms with Crippen LogP contribution in [0, 0.1) is 0 Å². The number of halogens is 2. The monoisotopic (exact) mass is 377 g/mol. The molecule has 25 heavy (non-hydrogen) atoms. The van der Waals surface area contributed by atoms with Gasteiger partial charge in [-0.05, 0) is 25.1 Å². The molecule has 1 aromatic carbocycles. The smallest absolute Gasteiger partial charge is 0.266 e.